The number of carbonyl (C=O) groups excluding carboxylic acids is 1. The number of fused-ring (bicyclic) bond motifs is 1. The van der Waals surface area contributed by atoms with E-state index in [1.54, 1.807) is 15.7 Å². The van der Waals surface area contributed by atoms with Gasteiger partial charge in [0.1, 0.15) is 5.75 Å². The minimum Gasteiger partial charge on any atom is -0.406 e. The predicted octanol–water partition coefficient (Wildman–Crippen LogP) is 1.88. The average molecular weight is 537 g/mol. The number of aliphatic hydroxyl groups is 1. The van der Waals surface area contributed by atoms with E-state index in [-0.39, 0.29) is 35.7 Å². The monoisotopic (exact) mass is 536 g/mol. The topological polar surface area (TPSA) is 139 Å². The zero-order chi connectivity index (χ0) is 27.0. The Labute approximate surface area is 214 Å². The maximum absolute atomic E-state index is 13.0. The number of amides is 1. The molecule has 1 atom stereocenters. The van der Waals surface area contributed by atoms with Crippen LogP contribution in [0.3, 0.4) is 0 Å². The van der Waals surface area contributed by atoms with Crippen LogP contribution in [0.4, 0.5) is 24.5 Å². The summed E-state index contributed by atoms with van der Waals surface area (Å²) in [5.41, 5.74) is 7.44. The zero-order valence-electron chi connectivity index (χ0n) is 20.3. The fourth-order valence-electron chi connectivity index (χ4n) is 5.02. The molecule has 1 unspecified atom stereocenters. The number of morpholine rings is 1. The van der Waals surface area contributed by atoms with Crippen LogP contribution >= 0.6 is 0 Å². The number of nitrogen functional groups attached to an aromatic ring is 1. The van der Waals surface area contributed by atoms with Gasteiger partial charge in [0.05, 0.1) is 42.3 Å². The van der Waals surface area contributed by atoms with Crippen LogP contribution in [0.15, 0.2) is 35.3 Å². The van der Waals surface area contributed by atoms with Gasteiger partial charge in [-0.3, -0.25) is 14.3 Å². The quantitative estimate of drug-likeness (QED) is 0.420. The number of halogens is 3. The SMILES string of the molecule is Nc1cc(OC(F)(F)F)ccc1C(=O)N1CCC(n2c(=O)[nH]c3ncc(N4CCOC(CO)C4)cc32)CC1. The van der Waals surface area contributed by atoms with Gasteiger partial charge in [-0.05, 0) is 31.0 Å². The number of nitrogens with two attached hydrogens (primary N) is 1. The van der Waals surface area contributed by atoms with Crippen LogP contribution in [0.1, 0.15) is 29.2 Å². The number of likely N-dealkylation sites (tertiary alicyclic amines) is 1. The van der Waals surface area contributed by atoms with E-state index in [4.69, 9.17) is 10.5 Å². The van der Waals surface area contributed by atoms with Crippen LogP contribution in [0.2, 0.25) is 0 Å². The number of aromatic nitrogens is 3. The van der Waals surface area contributed by atoms with Crippen LogP contribution in [0.5, 0.6) is 5.75 Å². The van der Waals surface area contributed by atoms with E-state index in [0.717, 1.165) is 17.8 Å². The highest BCUT2D eigenvalue weighted by Gasteiger charge is 2.32. The molecule has 1 aromatic carbocycles. The number of aliphatic hydroxyl groups excluding tert-OH is 1. The Morgan fingerprint density at radius 2 is 2.00 bits per heavy atom. The molecule has 204 valence electrons. The second kappa shape index (κ2) is 10.2. The molecule has 0 saturated carbocycles. The Balaban J connectivity index is 1.30. The van der Waals surface area contributed by atoms with Crippen molar-refractivity contribution >= 4 is 28.4 Å². The fraction of sp³-hybridized carbons (Fsp3) is 0.458. The van der Waals surface area contributed by atoms with E-state index in [1.165, 1.54) is 6.07 Å². The molecule has 0 spiro atoms. The van der Waals surface area contributed by atoms with Gasteiger partial charge in [0, 0.05) is 44.0 Å². The number of nitrogens with one attached hydrogen (secondary N) is 1. The van der Waals surface area contributed by atoms with Gasteiger partial charge in [0.15, 0.2) is 5.65 Å². The third-order valence-electron chi connectivity index (χ3n) is 6.87. The number of ether oxygens (including phenoxy) is 2. The Morgan fingerprint density at radius 1 is 1.24 bits per heavy atom. The highest BCUT2D eigenvalue weighted by molar-refractivity contribution is 5.99. The number of alkyl halides is 3. The molecule has 0 radical (unpaired) electrons. The summed E-state index contributed by atoms with van der Waals surface area (Å²) in [6, 6.07) is 4.95. The molecule has 11 nitrogen and oxygen atoms in total. The summed E-state index contributed by atoms with van der Waals surface area (Å²) in [6.45, 7) is 2.18. The summed E-state index contributed by atoms with van der Waals surface area (Å²) >= 11 is 0. The van der Waals surface area contributed by atoms with Crippen molar-refractivity contribution in [3.8, 4) is 5.75 Å². The third kappa shape index (κ3) is 5.27. The number of benzene rings is 1. The molecule has 2 aliphatic heterocycles. The molecular weight excluding hydrogens is 509 g/mol. The van der Waals surface area contributed by atoms with Gasteiger partial charge in [-0.15, -0.1) is 13.2 Å². The smallest absolute Gasteiger partial charge is 0.406 e. The molecule has 4 heterocycles. The van der Waals surface area contributed by atoms with Gasteiger partial charge < -0.3 is 30.1 Å². The molecule has 2 fully saturated rings. The van der Waals surface area contributed by atoms with Gasteiger partial charge in [0.2, 0.25) is 0 Å². The van der Waals surface area contributed by atoms with Gasteiger partial charge in [0.25, 0.3) is 5.91 Å². The Hall–Kier alpha value is -3.78. The highest BCUT2D eigenvalue weighted by Crippen LogP contribution is 2.30. The lowest BCUT2D eigenvalue weighted by Crippen LogP contribution is -2.44. The maximum atomic E-state index is 13.0. The van der Waals surface area contributed by atoms with E-state index >= 15 is 0 Å². The lowest BCUT2D eigenvalue weighted by molar-refractivity contribution is -0.274. The first-order valence-electron chi connectivity index (χ1n) is 12.1. The van der Waals surface area contributed by atoms with Crippen LogP contribution in [-0.4, -0.2) is 82.3 Å². The van der Waals surface area contributed by atoms with Gasteiger partial charge >= 0.3 is 12.1 Å². The standard InChI is InChI=1S/C24H27F3N6O5/c25-24(26,27)38-16-1-2-18(19(28)10-16)22(35)31-5-3-14(4-6-31)33-20-9-15(11-29-21(20)30-23(33)36)32-7-8-37-17(12-32)13-34/h1-2,9-11,14,17,34H,3-8,12-13,28H2,(H,29,30,36). The summed E-state index contributed by atoms with van der Waals surface area (Å²) in [4.78, 5) is 36.7. The highest BCUT2D eigenvalue weighted by atomic mass is 19.4. The van der Waals surface area contributed by atoms with E-state index in [2.05, 4.69) is 19.6 Å². The largest absolute Gasteiger partial charge is 0.573 e. The minimum atomic E-state index is -4.86. The molecule has 2 aliphatic rings. The molecule has 0 bridgehead atoms. The first kappa shape index (κ1) is 25.9. The predicted molar refractivity (Wildman–Crippen MR) is 131 cm³/mol. The number of aromatic amines is 1. The Bertz CT molecular complexity index is 1380. The maximum Gasteiger partial charge on any atom is 0.573 e. The van der Waals surface area contributed by atoms with Crippen molar-refractivity contribution in [1.82, 2.24) is 19.4 Å². The number of carbonyl (C=O) groups is 1. The molecule has 4 N–H and O–H groups in total. The van der Waals surface area contributed by atoms with E-state index in [0.29, 0.717) is 56.8 Å². The molecule has 38 heavy (non-hydrogen) atoms. The number of pyridine rings is 1. The number of nitrogens with zero attached hydrogens (tertiary/aromatic N) is 4. The molecule has 5 rings (SSSR count). The van der Waals surface area contributed by atoms with E-state index < -0.39 is 18.0 Å². The Morgan fingerprint density at radius 3 is 2.68 bits per heavy atom. The lowest BCUT2D eigenvalue weighted by atomic mass is 10.0. The molecule has 2 aromatic heterocycles. The van der Waals surface area contributed by atoms with Gasteiger partial charge in [-0.25, -0.2) is 9.78 Å². The first-order valence-corrected chi connectivity index (χ1v) is 12.1. The minimum absolute atomic E-state index is 0.0859. The van der Waals surface area contributed by atoms with Crippen molar-refractivity contribution in [3.05, 3.63) is 46.5 Å². The summed E-state index contributed by atoms with van der Waals surface area (Å²) in [6.07, 6.45) is -2.50. The summed E-state index contributed by atoms with van der Waals surface area (Å²) in [5.74, 6) is -0.901. The second-order valence-corrected chi connectivity index (χ2v) is 9.30. The van der Waals surface area contributed by atoms with Crippen molar-refractivity contribution in [2.45, 2.75) is 31.3 Å². The van der Waals surface area contributed by atoms with Crippen LogP contribution in [0.25, 0.3) is 11.2 Å². The average Bonchev–Trinajstić information content (AvgIpc) is 3.22. The van der Waals surface area contributed by atoms with Crippen molar-refractivity contribution < 1.29 is 32.5 Å². The summed E-state index contributed by atoms with van der Waals surface area (Å²) in [7, 11) is 0. The molecule has 0 aliphatic carbocycles. The molecule has 2 saturated heterocycles. The molecule has 1 amide bonds. The molecule has 14 heteroatoms. The van der Waals surface area contributed by atoms with E-state index in [1.807, 2.05) is 6.07 Å². The summed E-state index contributed by atoms with van der Waals surface area (Å²) in [5, 5.41) is 9.45. The number of imidazole rings is 1. The van der Waals surface area contributed by atoms with E-state index in [9.17, 15) is 27.9 Å². The third-order valence-corrected chi connectivity index (χ3v) is 6.87. The summed E-state index contributed by atoms with van der Waals surface area (Å²) < 4.78 is 48.4. The number of anilines is 2. The van der Waals surface area contributed by atoms with Crippen LogP contribution in [-0.2, 0) is 4.74 Å². The number of hydrogen-bond donors (Lipinski definition) is 3. The van der Waals surface area contributed by atoms with Crippen molar-refractivity contribution in [2.24, 2.45) is 0 Å². The Kier molecular flexibility index (Phi) is 6.92. The van der Waals surface area contributed by atoms with Crippen molar-refractivity contribution in [2.75, 3.05) is 50.0 Å². The molecule has 3 aromatic rings. The first-order chi connectivity index (χ1) is 18.1. The van der Waals surface area contributed by atoms with Gasteiger partial charge in [-0.1, -0.05) is 0 Å². The number of hydrogen-bond acceptors (Lipinski definition) is 8. The second-order valence-electron chi connectivity index (χ2n) is 9.30. The lowest BCUT2D eigenvalue weighted by Gasteiger charge is -2.34. The van der Waals surface area contributed by atoms with Crippen molar-refractivity contribution in [3.63, 3.8) is 0 Å². The normalized spacial score (nSPS) is 19.2. The zero-order valence-corrected chi connectivity index (χ0v) is 20.3. The van der Waals surface area contributed by atoms with Crippen LogP contribution < -0.4 is 21.1 Å². The van der Waals surface area contributed by atoms with Crippen molar-refractivity contribution in [1.29, 1.82) is 0 Å². The number of H-pyrrole nitrogens is 1. The number of rotatable bonds is 5. The van der Waals surface area contributed by atoms with Crippen LogP contribution in [0, 0.1) is 0 Å². The number of piperidine rings is 1. The van der Waals surface area contributed by atoms with Gasteiger partial charge in [-0.2, -0.15) is 0 Å². The molecular formula is C24H27F3N6O5. The fourth-order valence-corrected chi connectivity index (χ4v) is 5.02.